The number of hydrogen-bond acceptors (Lipinski definition) is 12. The maximum absolute atomic E-state index is 15.2. The molecule has 0 aromatic heterocycles. The zero-order chi connectivity index (χ0) is 61.3. The number of benzene rings is 5. The second kappa shape index (κ2) is 29.8. The Bertz CT molecular complexity index is 3150. The van der Waals surface area contributed by atoms with Gasteiger partial charge < -0.3 is 45.3 Å². The standard InChI is InChI=1S/C67H80N8O11/c1-7-44(2)58(72-59(76)54(40-45-24-11-8-12-25-45)71-66(83)85-43-52-50-32-19-17-30-48(50)49-31-18-20-33-51(49)52)63(80)75-55(35-22-38-69-75)60(77)70-53(34-21-37-68-65(82)86-67(3,4)5)61(78)73(6)57(41-46-26-13-9-14-27-46)62(79)74-39-23-36-56(74)64(81)84-42-47-28-15-10-16-29-47/h8-20,24-33,38,44,52-58H,7,21-23,34-37,39-43H2,1-6H3,(H,68,82)(H,70,77)(H,71,83)(H,72,76)/t44?,53-,54+,55+,56-,57+,58-/m0/s1. The molecule has 0 spiro atoms. The molecule has 2 aliphatic heterocycles. The minimum Gasteiger partial charge on any atom is -0.459 e. The van der Waals surface area contributed by atoms with E-state index in [2.05, 4.69) is 26.4 Å². The summed E-state index contributed by atoms with van der Waals surface area (Å²) in [7, 11) is 1.48. The summed E-state index contributed by atoms with van der Waals surface area (Å²) in [5.41, 5.74) is 5.67. The minimum atomic E-state index is -1.31. The Hall–Kier alpha value is -8.87. The number of esters is 1. The summed E-state index contributed by atoms with van der Waals surface area (Å²) in [5, 5.41) is 16.8. The number of likely N-dealkylation sites (N-methyl/N-ethyl adjacent to an activating group) is 1. The average molecular weight is 1170 g/mol. The number of amides is 7. The molecular weight excluding hydrogens is 1090 g/mol. The first kappa shape index (κ1) is 63.2. The number of nitrogens with one attached hydrogen (secondary N) is 4. The Balaban J connectivity index is 1.00. The number of carbonyl (C=O) groups is 8. The molecular formula is C67H80N8O11. The molecule has 86 heavy (non-hydrogen) atoms. The van der Waals surface area contributed by atoms with E-state index in [-0.39, 0.29) is 64.3 Å². The van der Waals surface area contributed by atoms with E-state index >= 15 is 9.59 Å². The summed E-state index contributed by atoms with van der Waals surface area (Å²) in [6, 6.07) is 36.4. The molecule has 0 radical (unpaired) electrons. The van der Waals surface area contributed by atoms with Crippen LogP contribution < -0.4 is 21.3 Å². The molecule has 1 aliphatic carbocycles. The van der Waals surface area contributed by atoms with E-state index < -0.39 is 95.5 Å². The van der Waals surface area contributed by atoms with Gasteiger partial charge in [0.05, 0.1) is 0 Å². The van der Waals surface area contributed by atoms with Gasteiger partial charge in [0.25, 0.3) is 5.91 Å². The summed E-state index contributed by atoms with van der Waals surface area (Å²) in [6.45, 7) is 9.18. The van der Waals surface area contributed by atoms with E-state index in [0.717, 1.165) is 44.0 Å². The van der Waals surface area contributed by atoms with Crippen molar-refractivity contribution in [2.45, 2.75) is 147 Å². The Labute approximate surface area is 503 Å². The summed E-state index contributed by atoms with van der Waals surface area (Å²) in [4.78, 5) is 118. The third-order valence-electron chi connectivity index (χ3n) is 16.0. The molecule has 1 fully saturated rings. The minimum absolute atomic E-state index is 0.00890. The van der Waals surface area contributed by atoms with Gasteiger partial charge in [-0.15, -0.1) is 0 Å². The zero-order valence-corrected chi connectivity index (χ0v) is 49.9. The summed E-state index contributed by atoms with van der Waals surface area (Å²) < 4.78 is 17.0. The van der Waals surface area contributed by atoms with Crippen LogP contribution in [0.5, 0.6) is 0 Å². The number of hydrazone groups is 1. The molecule has 0 bridgehead atoms. The van der Waals surface area contributed by atoms with E-state index in [1.165, 1.54) is 23.1 Å². The lowest BCUT2D eigenvalue weighted by Crippen LogP contribution is -2.61. The van der Waals surface area contributed by atoms with Crippen LogP contribution in [-0.2, 0) is 62.4 Å². The lowest BCUT2D eigenvalue weighted by Gasteiger charge is -2.36. The number of carbonyl (C=O) groups excluding carboxylic acids is 8. The highest BCUT2D eigenvalue weighted by atomic mass is 16.6. The van der Waals surface area contributed by atoms with Gasteiger partial charge in [-0.2, -0.15) is 5.10 Å². The van der Waals surface area contributed by atoms with E-state index in [9.17, 15) is 28.8 Å². The van der Waals surface area contributed by atoms with Crippen molar-refractivity contribution >= 4 is 53.9 Å². The van der Waals surface area contributed by atoms with Gasteiger partial charge in [-0.3, -0.25) is 24.0 Å². The van der Waals surface area contributed by atoms with Crippen LogP contribution in [0.15, 0.2) is 145 Å². The fraction of sp³-hybridized carbons (Fsp3) is 0.418. The van der Waals surface area contributed by atoms with Crippen LogP contribution in [0.25, 0.3) is 11.1 Å². The molecule has 0 saturated carbocycles. The Kier molecular flexibility index (Phi) is 21.9. The molecule has 7 atom stereocenters. The van der Waals surface area contributed by atoms with Crippen molar-refractivity contribution in [3.63, 3.8) is 0 Å². The fourth-order valence-electron chi connectivity index (χ4n) is 11.2. The van der Waals surface area contributed by atoms with Gasteiger partial charge in [0.15, 0.2) is 0 Å². The van der Waals surface area contributed by atoms with Gasteiger partial charge in [-0.05, 0) is 104 Å². The van der Waals surface area contributed by atoms with Crippen molar-refractivity contribution in [3.05, 3.63) is 167 Å². The van der Waals surface area contributed by atoms with E-state index in [1.54, 1.807) is 27.7 Å². The van der Waals surface area contributed by atoms with Crippen LogP contribution in [0.3, 0.4) is 0 Å². The van der Waals surface area contributed by atoms with Crippen LogP contribution in [0.2, 0.25) is 0 Å². The van der Waals surface area contributed by atoms with Crippen LogP contribution in [-0.4, -0.2) is 137 Å². The van der Waals surface area contributed by atoms with Gasteiger partial charge in [-0.25, -0.2) is 19.4 Å². The van der Waals surface area contributed by atoms with E-state index in [4.69, 9.17) is 14.2 Å². The Morgan fingerprint density at radius 3 is 1.88 bits per heavy atom. The third-order valence-corrected chi connectivity index (χ3v) is 16.0. The van der Waals surface area contributed by atoms with Crippen molar-refractivity contribution in [2.24, 2.45) is 11.0 Å². The lowest BCUT2D eigenvalue weighted by atomic mass is 9.95. The number of nitrogens with zero attached hydrogens (tertiary/aromatic N) is 4. The molecule has 8 rings (SSSR count). The normalized spacial score (nSPS) is 17.1. The largest absolute Gasteiger partial charge is 0.459 e. The zero-order valence-electron chi connectivity index (χ0n) is 49.9. The third kappa shape index (κ3) is 16.5. The van der Waals surface area contributed by atoms with E-state index in [0.29, 0.717) is 25.7 Å². The number of likely N-dealkylation sites (tertiary alicyclic amines) is 1. The molecule has 7 amide bonds. The highest BCUT2D eigenvalue weighted by Crippen LogP contribution is 2.44. The first-order valence-corrected chi connectivity index (χ1v) is 29.8. The Morgan fingerprint density at radius 1 is 0.674 bits per heavy atom. The monoisotopic (exact) mass is 1170 g/mol. The molecule has 19 heteroatoms. The van der Waals surface area contributed by atoms with Gasteiger partial charge in [0, 0.05) is 45.1 Å². The number of alkyl carbamates (subject to hydrolysis) is 2. The van der Waals surface area contributed by atoms with Crippen LogP contribution in [0.4, 0.5) is 9.59 Å². The molecule has 1 unspecified atom stereocenters. The SMILES string of the molecule is CCC(C)[C@H](NC(=O)[C@@H](Cc1ccccc1)NC(=O)OCC1c2ccccc2-c2ccccc21)C(=O)N1N=CCC[C@@H]1C(=O)N[C@@H](CCCNC(=O)OC(C)(C)C)C(=O)N(C)[C@H](Cc1ccccc1)C(=O)N1CCC[C@H]1C(=O)OCc1ccccc1. The molecule has 5 aromatic rings. The quantitative estimate of drug-likeness (QED) is 0.0261. The number of ether oxygens (including phenoxy) is 3. The van der Waals surface area contributed by atoms with Crippen LogP contribution in [0.1, 0.15) is 113 Å². The van der Waals surface area contributed by atoms with Crippen molar-refractivity contribution in [1.82, 2.24) is 36.1 Å². The van der Waals surface area contributed by atoms with Crippen molar-refractivity contribution < 1.29 is 52.6 Å². The van der Waals surface area contributed by atoms with Gasteiger partial charge in [-0.1, -0.05) is 160 Å². The smallest absolute Gasteiger partial charge is 0.407 e. The maximum Gasteiger partial charge on any atom is 0.407 e. The summed E-state index contributed by atoms with van der Waals surface area (Å²) in [6.07, 6.45) is 2.00. The van der Waals surface area contributed by atoms with E-state index in [1.807, 2.05) is 146 Å². The molecule has 5 aromatic carbocycles. The summed E-state index contributed by atoms with van der Waals surface area (Å²) >= 11 is 0. The first-order chi connectivity index (χ1) is 41.4. The molecule has 4 N–H and O–H groups in total. The number of hydrogen-bond donors (Lipinski definition) is 4. The first-order valence-electron chi connectivity index (χ1n) is 29.8. The van der Waals surface area contributed by atoms with Crippen molar-refractivity contribution in [1.29, 1.82) is 0 Å². The predicted octanol–water partition coefficient (Wildman–Crippen LogP) is 8.24. The van der Waals surface area contributed by atoms with Crippen molar-refractivity contribution in [2.75, 3.05) is 26.7 Å². The topological polar surface area (TPSA) is 234 Å². The molecule has 454 valence electrons. The van der Waals surface area contributed by atoms with Gasteiger partial charge >= 0.3 is 18.2 Å². The van der Waals surface area contributed by atoms with Crippen LogP contribution in [0, 0.1) is 5.92 Å². The molecule has 1 saturated heterocycles. The second-order valence-electron chi connectivity index (χ2n) is 23.2. The molecule has 2 heterocycles. The van der Waals surface area contributed by atoms with Gasteiger partial charge in [0.1, 0.15) is 55.1 Å². The highest BCUT2D eigenvalue weighted by molar-refractivity contribution is 5.97. The maximum atomic E-state index is 15.2. The van der Waals surface area contributed by atoms with Gasteiger partial charge in [0.2, 0.25) is 23.6 Å². The molecule has 19 nitrogen and oxygen atoms in total. The lowest BCUT2D eigenvalue weighted by molar-refractivity contribution is -0.157. The second-order valence-corrected chi connectivity index (χ2v) is 23.2. The van der Waals surface area contributed by atoms with Crippen LogP contribution >= 0.6 is 0 Å². The predicted molar refractivity (Wildman–Crippen MR) is 325 cm³/mol. The number of fused-ring (bicyclic) bond motifs is 3. The average Bonchev–Trinajstić information content (AvgIpc) is 1.97. The summed E-state index contributed by atoms with van der Waals surface area (Å²) in [5.74, 6) is -4.48. The highest BCUT2D eigenvalue weighted by Gasteiger charge is 2.44. The number of rotatable bonds is 24. The van der Waals surface area contributed by atoms with Crippen molar-refractivity contribution in [3.8, 4) is 11.1 Å². The Morgan fingerprint density at radius 2 is 1.27 bits per heavy atom. The fourth-order valence-corrected chi connectivity index (χ4v) is 11.2. The molecule has 3 aliphatic rings.